The van der Waals surface area contributed by atoms with Crippen molar-refractivity contribution >= 4 is 5.91 Å². The molecule has 0 aliphatic rings. The van der Waals surface area contributed by atoms with E-state index >= 15 is 0 Å². The Morgan fingerprint density at radius 3 is 2.48 bits per heavy atom. The summed E-state index contributed by atoms with van der Waals surface area (Å²) in [5.41, 5.74) is 1.27. The van der Waals surface area contributed by atoms with Gasteiger partial charge in [-0.1, -0.05) is 20.8 Å². The van der Waals surface area contributed by atoms with Crippen molar-refractivity contribution in [1.82, 2.24) is 20.3 Å². The highest BCUT2D eigenvalue weighted by Gasteiger charge is 2.22. The second kappa shape index (κ2) is 7.17. The minimum Gasteiger partial charge on any atom is -0.484 e. The number of hydrogen-bond acceptors (Lipinski definition) is 5. The quantitative estimate of drug-likeness (QED) is 0.918. The maximum absolute atomic E-state index is 12.2. The van der Waals surface area contributed by atoms with Gasteiger partial charge in [0.25, 0.3) is 5.91 Å². The summed E-state index contributed by atoms with van der Waals surface area (Å²) in [6.07, 6.45) is 6.17. The summed E-state index contributed by atoms with van der Waals surface area (Å²) in [5.74, 6) is 0.457. The fourth-order valence-electron chi connectivity index (χ4n) is 1.66. The first-order valence-electron chi connectivity index (χ1n) is 7.50. The van der Waals surface area contributed by atoms with Gasteiger partial charge in [-0.05, 0) is 24.5 Å². The van der Waals surface area contributed by atoms with Crippen molar-refractivity contribution in [2.24, 2.45) is 5.41 Å². The number of pyridine rings is 1. The lowest BCUT2D eigenvalue weighted by Gasteiger charge is -2.28. The summed E-state index contributed by atoms with van der Waals surface area (Å²) in [6.45, 7) is 8.56. The van der Waals surface area contributed by atoms with Gasteiger partial charge in [-0.25, -0.2) is 9.97 Å². The average molecular weight is 314 g/mol. The molecule has 0 unspecified atom stereocenters. The monoisotopic (exact) mass is 314 g/mol. The van der Waals surface area contributed by atoms with Crippen LogP contribution in [0.15, 0.2) is 37.1 Å². The van der Waals surface area contributed by atoms with Gasteiger partial charge in [0.2, 0.25) is 0 Å². The van der Waals surface area contributed by atoms with Gasteiger partial charge in [0.15, 0.2) is 5.75 Å². The number of carbonyl (C=O) groups is 1. The Hall–Kier alpha value is -2.50. The van der Waals surface area contributed by atoms with Gasteiger partial charge in [-0.15, -0.1) is 0 Å². The lowest BCUT2D eigenvalue weighted by Crippen LogP contribution is -2.41. The number of hydrogen-bond donors (Lipinski definition) is 1. The molecule has 2 aromatic heterocycles. The molecule has 0 aromatic carbocycles. The molecule has 6 nitrogen and oxygen atoms in total. The number of ether oxygens (including phenoxy) is 1. The van der Waals surface area contributed by atoms with E-state index in [2.05, 4.69) is 41.0 Å². The molecule has 2 heterocycles. The van der Waals surface area contributed by atoms with Gasteiger partial charge >= 0.3 is 0 Å². The van der Waals surface area contributed by atoms with Crippen LogP contribution in [0.25, 0.3) is 0 Å². The van der Waals surface area contributed by atoms with Gasteiger partial charge < -0.3 is 10.1 Å². The molecular formula is C17H22N4O2. The van der Waals surface area contributed by atoms with Crippen LogP contribution in [0.4, 0.5) is 0 Å². The largest absolute Gasteiger partial charge is 0.484 e. The van der Waals surface area contributed by atoms with Crippen molar-refractivity contribution in [3.8, 4) is 5.75 Å². The lowest BCUT2D eigenvalue weighted by molar-refractivity contribution is 0.0909. The highest BCUT2D eigenvalue weighted by molar-refractivity contribution is 5.94. The topological polar surface area (TPSA) is 77.0 Å². The summed E-state index contributed by atoms with van der Waals surface area (Å²) in [7, 11) is 0. The smallest absolute Gasteiger partial charge is 0.253 e. The van der Waals surface area contributed by atoms with Crippen LogP contribution in [0.2, 0.25) is 0 Å². The zero-order chi connectivity index (χ0) is 16.9. The predicted molar refractivity (Wildman–Crippen MR) is 87.0 cm³/mol. The van der Waals surface area contributed by atoms with Crippen molar-refractivity contribution < 1.29 is 9.53 Å². The Morgan fingerprint density at radius 1 is 1.22 bits per heavy atom. The molecule has 0 spiro atoms. The van der Waals surface area contributed by atoms with Crippen LogP contribution >= 0.6 is 0 Å². The van der Waals surface area contributed by atoms with E-state index in [1.54, 1.807) is 30.7 Å². The van der Waals surface area contributed by atoms with Crippen LogP contribution in [0, 0.1) is 5.41 Å². The first-order chi connectivity index (χ1) is 10.9. The number of amides is 1. The second-order valence-corrected chi connectivity index (χ2v) is 6.46. The fraction of sp³-hybridized carbons (Fsp3) is 0.412. The summed E-state index contributed by atoms with van der Waals surface area (Å²) < 4.78 is 5.51. The number of rotatable bonds is 5. The zero-order valence-electron chi connectivity index (χ0n) is 13.9. The van der Waals surface area contributed by atoms with Crippen LogP contribution in [-0.2, 0) is 6.61 Å². The molecule has 2 rings (SSSR count). The molecule has 0 saturated heterocycles. The highest BCUT2D eigenvalue weighted by Crippen LogP contribution is 2.19. The van der Waals surface area contributed by atoms with Gasteiger partial charge in [0.05, 0.1) is 23.7 Å². The van der Waals surface area contributed by atoms with Gasteiger partial charge in [-0.3, -0.25) is 9.78 Å². The number of aromatic nitrogens is 3. The SMILES string of the molecule is C[C@@H](NC(=O)c1ccc(COc2cncnc2)nc1)C(C)(C)C. The minimum absolute atomic E-state index is 0.00856. The third-order valence-corrected chi connectivity index (χ3v) is 3.66. The predicted octanol–water partition coefficient (Wildman–Crippen LogP) is 2.62. The Kier molecular flexibility index (Phi) is 5.26. The van der Waals surface area contributed by atoms with Crippen LogP contribution in [0.5, 0.6) is 5.75 Å². The van der Waals surface area contributed by atoms with Gasteiger partial charge in [-0.2, -0.15) is 0 Å². The van der Waals surface area contributed by atoms with E-state index in [9.17, 15) is 4.79 Å². The molecule has 1 amide bonds. The molecule has 0 saturated carbocycles. The molecule has 2 aromatic rings. The van der Waals surface area contributed by atoms with Gasteiger partial charge in [0, 0.05) is 12.2 Å². The van der Waals surface area contributed by atoms with E-state index in [1.807, 2.05) is 6.92 Å². The normalized spacial score (nSPS) is 12.5. The second-order valence-electron chi connectivity index (χ2n) is 6.46. The summed E-state index contributed by atoms with van der Waals surface area (Å²) in [4.78, 5) is 24.2. The van der Waals surface area contributed by atoms with E-state index in [4.69, 9.17) is 4.74 Å². The first kappa shape index (κ1) is 16.9. The van der Waals surface area contributed by atoms with Crippen LogP contribution in [0.1, 0.15) is 43.7 Å². The molecule has 0 aliphatic carbocycles. The third kappa shape index (κ3) is 5.02. The molecule has 0 aliphatic heterocycles. The van der Waals surface area contributed by atoms with Crippen molar-refractivity contribution in [2.75, 3.05) is 0 Å². The number of nitrogens with zero attached hydrogens (tertiary/aromatic N) is 3. The van der Waals surface area contributed by atoms with E-state index < -0.39 is 0 Å². The molecule has 6 heteroatoms. The Labute approximate surface area is 136 Å². The Bertz CT molecular complexity index is 636. The Morgan fingerprint density at radius 2 is 1.91 bits per heavy atom. The molecule has 0 bridgehead atoms. The van der Waals surface area contributed by atoms with Crippen LogP contribution in [-0.4, -0.2) is 26.9 Å². The molecular weight excluding hydrogens is 292 g/mol. The minimum atomic E-state index is -0.121. The van der Waals surface area contributed by atoms with Crippen molar-refractivity contribution in [3.63, 3.8) is 0 Å². The van der Waals surface area contributed by atoms with Crippen molar-refractivity contribution in [2.45, 2.75) is 40.3 Å². The van der Waals surface area contributed by atoms with Crippen LogP contribution < -0.4 is 10.1 Å². The van der Waals surface area contributed by atoms with E-state index in [0.29, 0.717) is 17.9 Å². The zero-order valence-corrected chi connectivity index (χ0v) is 13.9. The summed E-state index contributed by atoms with van der Waals surface area (Å²) >= 11 is 0. The van der Waals surface area contributed by atoms with Crippen molar-refractivity contribution in [3.05, 3.63) is 48.3 Å². The van der Waals surface area contributed by atoms with E-state index in [-0.39, 0.29) is 17.4 Å². The number of carbonyl (C=O) groups excluding carboxylic acids is 1. The van der Waals surface area contributed by atoms with Crippen LogP contribution in [0.3, 0.4) is 0 Å². The maximum Gasteiger partial charge on any atom is 0.253 e. The third-order valence-electron chi connectivity index (χ3n) is 3.66. The summed E-state index contributed by atoms with van der Waals surface area (Å²) in [5, 5.41) is 2.99. The molecule has 0 fully saturated rings. The van der Waals surface area contributed by atoms with Gasteiger partial charge in [0.1, 0.15) is 12.9 Å². The maximum atomic E-state index is 12.2. The Balaban J connectivity index is 1.92. The van der Waals surface area contributed by atoms with E-state index in [0.717, 1.165) is 5.69 Å². The standard InChI is InChI=1S/C17H22N4O2/c1-12(17(2,3)4)21-16(22)13-5-6-14(20-7-13)10-23-15-8-18-11-19-9-15/h5-9,11-12H,10H2,1-4H3,(H,21,22)/t12-/m1/s1. The highest BCUT2D eigenvalue weighted by atomic mass is 16.5. The molecule has 0 radical (unpaired) electrons. The molecule has 23 heavy (non-hydrogen) atoms. The number of nitrogens with one attached hydrogen (secondary N) is 1. The van der Waals surface area contributed by atoms with E-state index in [1.165, 1.54) is 6.33 Å². The summed E-state index contributed by atoms with van der Waals surface area (Å²) in [6, 6.07) is 3.59. The average Bonchev–Trinajstić information content (AvgIpc) is 2.53. The molecule has 1 N–H and O–H groups in total. The molecule has 122 valence electrons. The fourth-order valence-corrected chi connectivity index (χ4v) is 1.66. The first-order valence-corrected chi connectivity index (χ1v) is 7.50. The molecule has 1 atom stereocenters. The van der Waals surface area contributed by atoms with Crippen molar-refractivity contribution in [1.29, 1.82) is 0 Å². The lowest BCUT2D eigenvalue weighted by atomic mass is 9.88.